The SMILES string of the molecule is Cc1nn(CCO)c(C)c1CN(C)C1CCCc2c1cnn2C. The van der Waals surface area contributed by atoms with Crippen molar-refractivity contribution >= 4 is 0 Å². The number of aryl methyl sites for hydroxylation is 2. The van der Waals surface area contributed by atoms with Crippen LogP contribution in [-0.2, 0) is 26.6 Å². The molecule has 0 bridgehead atoms. The number of hydrogen-bond acceptors (Lipinski definition) is 4. The van der Waals surface area contributed by atoms with E-state index >= 15 is 0 Å². The molecule has 0 amide bonds. The molecule has 0 aliphatic heterocycles. The summed E-state index contributed by atoms with van der Waals surface area (Å²) in [6.45, 7) is 5.71. The Morgan fingerprint density at radius 1 is 1.39 bits per heavy atom. The minimum Gasteiger partial charge on any atom is -0.394 e. The summed E-state index contributed by atoms with van der Waals surface area (Å²) in [5.41, 5.74) is 6.24. The van der Waals surface area contributed by atoms with Gasteiger partial charge in [0, 0.05) is 42.1 Å². The van der Waals surface area contributed by atoms with Crippen LogP contribution in [0.15, 0.2) is 6.20 Å². The molecular formula is C17H27N5O. The lowest BCUT2D eigenvalue weighted by atomic mass is 9.91. The number of aromatic nitrogens is 4. The fourth-order valence-corrected chi connectivity index (χ4v) is 3.78. The summed E-state index contributed by atoms with van der Waals surface area (Å²) in [4.78, 5) is 2.42. The minimum atomic E-state index is 0.124. The highest BCUT2D eigenvalue weighted by Gasteiger charge is 2.27. The average Bonchev–Trinajstić information content (AvgIpc) is 3.03. The molecule has 1 N–H and O–H groups in total. The van der Waals surface area contributed by atoms with Crippen molar-refractivity contribution in [1.82, 2.24) is 24.5 Å². The fourth-order valence-electron chi connectivity index (χ4n) is 3.78. The molecule has 1 aliphatic rings. The molecule has 0 saturated heterocycles. The van der Waals surface area contributed by atoms with Crippen molar-refractivity contribution in [3.8, 4) is 0 Å². The molecule has 0 aromatic carbocycles. The molecule has 1 unspecified atom stereocenters. The first-order valence-electron chi connectivity index (χ1n) is 8.37. The van der Waals surface area contributed by atoms with Gasteiger partial charge in [0.2, 0.25) is 0 Å². The molecule has 2 heterocycles. The normalized spacial score (nSPS) is 17.7. The first kappa shape index (κ1) is 16.2. The number of hydrogen-bond donors (Lipinski definition) is 1. The first-order chi connectivity index (χ1) is 11.0. The summed E-state index contributed by atoms with van der Waals surface area (Å²) in [7, 11) is 4.23. The number of nitrogens with zero attached hydrogens (tertiary/aromatic N) is 5. The van der Waals surface area contributed by atoms with Crippen LogP contribution >= 0.6 is 0 Å². The van der Waals surface area contributed by atoms with Crippen LogP contribution in [0.3, 0.4) is 0 Å². The van der Waals surface area contributed by atoms with Gasteiger partial charge in [0.25, 0.3) is 0 Å². The maximum Gasteiger partial charge on any atom is 0.0644 e. The lowest BCUT2D eigenvalue weighted by molar-refractivity contribution is 0.211. The van der Waals surface area contributed by atoms with E-state index in [-0.39, 0.29) is 6.61 Å². The standard InChI is InChI=1S/C17H27N5O/c1-12-15(13(2)22(19-12)8-9-23)11-20(3)16-6-5-7-17-14(16)10-18-21(17)4/h10,16,23H,5-9,11H2,1-4H3. The Hall–Kier alpha value is -1.66. The molecule has 23 heavy (non-hydrogen) atoms. The van der Waals surface area contributed by atoms with E-state index in [1.807, 2.05) is 22.6 Å². The van der Waals surface area contributed by atoms with Gasteiger partial charge in [-0.2, -0.15) is 10.2 Å². The lowest BCUT2D eigenvalue weighted by Gasteiger charge is -2.31. The van der Waals surface area contributed by atoms with Gasteiger partial charge in [-0.1, -0.05) is 0 Å². The zero-order valence-corrected chi connectivity index (χ0v) is 14.6. The lowest BCUT2D eigenvalue weighted by Crippen LogP contribution is -2.28. The average molecular weight is 317 g/mol. The van der Waals surface area contributed by atoms with Gasteiger partial charge >= 0.3 is 0 Å². The van der Waals surface area contributed by atoms with E-state index in [1.54, 1.807) is 0 Å². The number of aliphatic hydroxyl groups is 1. The Labute approximate surface area is 137 Å². The predicted octanol–water partition coefficient (Wildman–Crippen LogP) is 1.74. The zero-order chi connectivity index (χ0) is 16.6. The summed E-state index contributed by atoms with van der Waals surface area (Å²) in [5.74, 6) is 0. The third kappa shape index (κ3) is 2.93. The van der Waals surface area contributed by atoms with Crippen molar-refractivity contribution in [3.05, 3.63) is 34.4 Å². The van der Waals surface area contributed by atoms with E-state index < -0.39 is 0 Å². The van der Waals surface area contributed by atoms with Crippen LogP contribution in [0.5, 0.6) is 0 Å². The van der Waals surface area contributed by atoms with Gasteiger partial charge in [0.05, 0.1) is 25.0 Å². The Morgan fingerprint density at radius 2 is 2.17 bits per heavy atom. The second-order valence-corrected chi connectivity index (χ2v) is 6.59. The van der Waals surface area contributed by atoms with Crippen molar-refractivity contribution in [1.29, 1.82) is 0 Å². The van der Waals surface area contributed by atoms with Crippen LogP contribution in [-0.4, -0.2) is 43.2 Å². The van der Waals surface area contributed by atoms with Crippen molar-refractivity contribution < 1.29 is 5.11 Å². The molecule has 0 radical (unpaired) electrons. The monoisotopic (exact) mass is 317 g/mol. The summed E-state index contributed by atoms with van der Waals surface area (Å²) in [6.07, 6.45) is 5.55. The Kier molecular flexibility index (Phi) is 4.55. The molecule has 1 aliphatic carbocycles. The van der Waals surface area contributed by atoms with Gasteiger partial charge < -0.3 is 5.11 Å². The minimum absolute atomic E-state index is 0.124. The van der Waals surface area contributed by atoms with Gasteiger partial charge in [-0.05, 0) is 40.2 Å². The van der Waals surface area contributed by atoms with E-state index in [2.05, 4.69) is 36.0 Å². The molecular weight excluding hydrogens is 290 g/mol. The van der Waals surface area contributed by atoms with Gasteiger partial charge in [-0.3, -0.25) is 14.3 Å². The highest BCUT2D eigenvalue weighted by Crippen LogP contribution is 2.34. The summed E-state index contributed by atoms with van der Waals surface area (Å²) in [6, 6.07) is 0.424. The topological polar surface area (TPSA) is 59.1 Å². The zero-order valence-electron chi connectivity index (χ0n) is 14.6. The summed E-state index contributed by atoms with van der Waals surface area (Å²) >= 11 is 0. The highest BCUT2D eigenvalue weighted by molar-refractivity contribution is 5.27. The van der Waals surface area contributed by atoms with Crippen LogP contribution < -0.4 is 0 Å². The van der Waals surface area contributed by atoms with Crippen LogP contribution in [0.2, 0.25) is 0 Å². The fraction of sp³-hybridized carbons (Fsp3) is 0.647. The van der Waals surface area contributed by atoms with Crippen molar-refractivity contribution in [2.24, 2.45) is 7.05 Å². The molecule has 3 rings (SSSR count). The van der Waals surface area contributed by atoms with Crippen LogP contribution in [0.4, 0.5) is 0 Å². The number of fused-ring (bicyclic) bond motifs is 1. The predicted molar refractivity (Wildman–Crippen MR) is 89.1 cm³/mol. The van der Waals surface area contributed by atoms with Crippen LogP contribution in [0.1, 0.15) is 47.1 Å². The molecule has 2 aromatic heterocycles. The highest BCUT2D eigenvalue weighted by atomic mass is 16.3. The van der Waals surface area contributed by atoms with Crippen LogP contribution in [0.25, 0.3) is 0 Å². The molecule has 126 valence electrons. The third-order valence-electron chi connectivity index (χ3n) is 5.13. The van der Waals surface area contributed by atoms with Gasteiger partial charge in [0.15, 0.2) is 0 Å². The maximum atomic E-state index is 9.16. The number of rotatable bonds is 5. The van der Waals surface area contributed by atoms with Crippen molar-refractivity contribution in [2.45, 2.75) is 52.2 Å². The molecule has 1 atom stereocenters. The van der Waals surface area contributed by atoms with Gasteiger partial charge in [0.1, 0.15) is 0 Å². The van der Waals surface area contributed by atoms with E-state index in [9.17, 15) is 0 Å². The maximum absolute atomic E-state index is 9.16. The van der Waals surface area contributed by atoms with E-state index in [4.69, 9.17) is 5.11 Å². The smallest absolute Gasteiger partial charge is 0.0644 e. The van der Waals surface area contributed by atoms with E-state index in [0.717, 1.165) is 24.4 Å². The van der Waals surface area contributed by atoms with E-state index in [1.165, 1.54) is 29.7 Å². The third-order valence-corrected chi connectivity index (χ3v) is 5.13. The first-order valence-corrected chi connectivity index (χ1v) is 8.37. The number of aliphatic hydroxyl groups excluding tert-OH is 1. The van der Waals surface area contributed by atoms with Gasteiger partial charge in [-0.25, -0.2) is 0 Å². The van der Waals surface area contributed by atoms with Crippen molar-refractivity contribution in [3.63, 3.8) is 0 Å². The molecule has 0 fully saturated rings. The second-order valence-electron chi connectivity index (χ2n) is 6.59. The van der Waals surface area contributed by atoms with E-state index in [0.29, 0.717) is 12.6 Å². The second kappa shape index (κ2) is 6.45. The summed E-state index contributed by atoms with van der Waals surface area (Å²) < 4.78 is 3.93. The molecule has 0 saturated carbocycles. The largest absolute Gasteiger partial charge is 0.394 e. The quantitative estimate of drug-likeness (QED) is 0.912. The van der Waals surface area contributed by atoms with Crippen LogP contribution in [0, 0.1) is 13.8 Å². The Morgan fingerprint density at radius 3 is 2.91 bits per heavy atom. The molecule has 6 nitrogen and oxygen atoms in total. The summed E-state index contributed by atoms with van der Waals surface area (Å²) in [5, 5.41) is 18.2. The molecule has 0 spiro atoms. The Balaban J connectivity index is 1.82. The van der Waals surface area contributed by atoms with Crippen molar-refractivity contribution in [2.75, 3.05) is 13.7 Å². The molecule has 6 heteroatoms. The van der Waals surface area contributed by atoms with Gasteiger partial charge in [-0.15, -0.1) is 0 Å². The Bertz CT molecular complexity index is 687. The molecule has 2 aromatic rings.